The van der Waals surface area contributed by atoms with Crippen molar-refractivity contribution in [2.75, 3.05) is 0 Å². The smallest absolute Gasteiger partial charge is 0.164 e. The lowest BCUT2D eigenvalue weighted by Gasteiger charge is -2.12. The lowest BCUT2D eigenvalue weighted by atomic mass is 9.97. The summed E-state index contributed by atoms with van der Waals surface area (Å²) in [4.78, 5) is 20.6. The second-order valence-electron chi connectivity index (χ2n) is 14.7. The largest absolute Gasteiger partial charge is 0.455 e. The fourth-order valence-electron chi connectivity index (χ4n) is 8.39. The molecule has 0 atom stereocenters. The van der Waals surface area contributed by atoms with Crippen LogP contribution in [0.1, 0.15) is 0 Å². The predicted octanol–water partition coefficient (Wildman–Crippen LogP) is 13.2. The molecule has 0 aliphatic carbocycles. The molecule has 0 fully saturated rings. The van der Waals surface area contributed by atoms with Gasteiger partial charge in [-0.05, 0) is 51.2 Å². The van der Waals surface area contributed by atoms with Crippen LogP contribution >= 0.6 is 0 Å². The first-order chi connectivity index (χ1) is 28.7. The van der Waals surface area contributed by atoms with Crippen molar-refractivity contribution >= 4 is 60.2 Å². The molecule has 0 amide bonds. The second-order valence-corrected chi connectivity index (χ2v) is 14.7. The van der Waals surface area contributed by atoms with Gasteiger partial charge in [-0.3, -0.25) is 4.40 Å². The summed E-state index contributed by atoms with van der Waals surface area (Å²) in [5.74, 6) is 1.83. The number of benzene rings is 8. The Morgan fingerprint density at radius 2 is 0.828 bits per heavy atom. The molecule has 0 saturated carbocycles. The molecule has 0 N–H and O–H groups in total. The highest BCUT2D eigenvalue weighted by molar-refractivity contribution is 6.25. The summed E-state index contributed by atoms with van der Waals surface area (Å²) in [5.41, 5.74) is 11.9. The molecular formula is C52H31N5O. The number of fused-ring (bicyclic) bond motifs is 11. The number of hydrogen-bond donors (Lipinski definition) is 0. The van der Waals surface area contributed by atoms with Crippen LogP contribution in [0.15, 0.2) is 193 Å². The monoisotopic (exact) mass is 741 g/mol. The van der Waals surface area contributed by atoms with E-state index in [2.05, 4.69) is 162 Å². The summed E-state index contributed by atoms with van der Waals surface area (Å²) in [6.45, 7) is 0. The van der Waals surface area contributed by atoms with Crippen LogP contribution in [0.3, 0.4) is 0 Å². The van der Waals surface area contributed by atoms with Gasteiger partial charge in [-0.2, -0.15) is 0 Å². The van der Waals surface area contributed by atoms with Gasteiger partial charge in [-0.15, -0.1) is 0 Å². The Balaban J connectivity index is 1.05. The maximum atomic E-state index is 6.34. The van der Waals surface area contributed by atoms with Crippen molar-refractivity contribution in [2.45, 2.75) is 0 Å². The lowest BCUT2D eigenvalue weighted by molar-refractivity contribution is 0.666. The summed E-state index contributed by atoms with van der Waals surface area (Å²) >= 11 is 0. The second kappa shape index (κ2) is 12.8. The van der Waals surface area contributed by atoms with Crippen molar-refractivity contribution < 1.29 is 4.42 Å². The van der Waals surface area contributed by atoms with Crippen LogP contribution in [0.25, 0.3) is 117 Å². The van der Waals surface area contributed by atoms with Gasteiger partial charge in [0.15, 0.2) is 23.1 Å². The molecule has 6 nitrogen and oxygen atoms in total. The summed E-state index contributed by atoms with van der Waals surface area (Å²) in [6, 6.07) is 63.0. The van der Waals surface area contributed by atoms with Gasteiger partial charge >= 0.3 is 0 Å². The van der Waals surface area contributed by atoms with Crippen LogP contribution in [0.4, 0.5) is 0 Å². The third-order valence-electron chi connectivity index (χ3n) is 11.3. The van der Waals surface area contributed by atoms with E-state index in [1.54, 1.807) is 0 Å². The molecule has 0 aliphatic rings. The fraction of sp³-hybridized carbons (Fsp3) is 0. The predicted molar refractivity (Wildman–Crippen MR) is 236 cm³/mol. The molecule has 58 heavy (non-hydrogen) atoms. The molecule has 0 saturated heterocycles. The van der Waals surface area contributed by atoms with Gasteiger partial charge in [-0.1, -0.05) is 164 Å². The number of pyridine rings is 1. The number of para-hydroxylation sites is 1. The third kappa shape index (κ3) is 5.20. The van der Waals surface area contributed by atoms with Crippen LogP contribution in [-0.2, 0) is 0 Å². The lowest BCUT2D eigenvalue weighted by Crippen LogP contribution is -2.00. The molecule has 4 heterocycles. The van der Waals surface area contributed by atoms with Gasteiger partial charge in [0, 0.05) is 38.2 Å². The number of imidazole rings is 1. The molecule has 0 spiro atoms. The van der Waals surface area contributed by atoms with Gasteiger partial charge in [-0.25, -0.2) is 19.9 Å². The molecule has 0 unspecified atom stereocenters. The molecule has 0 aliphatic heterocycles. The van der Waals surface area contributed by atoms with Gasteiger partial charge in [0.1, 0.15) is 11.2 Å². The Labute approximate surface area is 332 Å². The van der Waals surface area contributed by atoms with Crippen LogP contribution in [0.5, 0.6) is 0 Å². The van der Waals surface area contributed by atoms with E-state index in [0.29, 0.717) is 17.5 Å². The van der Waals surface area contributed by atoms with E-state index < -0.39 is 0 Å². The molecule has 0 bridgehead atoms. The highest BCUT2D eigenvalue weighted by Crippen LogP contribution is 2.39. The van der Waals surface area contributed by atoms with Crippen LogP contribution in [0.2, 0.25) is 0 Å². The topological polar surface area (TPSA) is 69.1 Å². The van der Waals surface area contributed by atoms with Crippen molar-refractivity contribution in [1.82, 2.24) is 24.3 Å². The average molecular weight is 742 g/mol. The zero-order valence-corrected chi connectivity index (χ0v) is 31.0. The van der Waals surface area contributed by atoms with Crippen LogP contribution in [-0.4, -0.2) is 24.3 Å². The summed E-state index contributed by atoms with van der Waals surface area (Å²) in [6.07, 6.45) is 2.08. The maximum absolute atomic E-state index is 6.34. The molecule has 12 rings (SSSR count). The number of aromatic nitrogens is 5. The normalized spacial score (nSPS) is 11.8. The van der Waals surface area contributed by atoms with Crippen molar-refractivity contribution in [2.24, 2.45) is 0 Å². The standard InChI is InChI=1S/C52H31N5O/c1-3-11-32(12-4-1)34-19-23-36(24-20-34)50-54-51(37-25-21-35(22-26-37)33-13-5-2-6-14-33)56-52(55-50)38-27-28-42-43(29-38)39-15-7-8-17-41(39)48-49(42)57-31-46-44(30-47(57)53-48)40-16-9-10-18-45(40)58-46/h1-31H. The van der Waals surface area contributed by atoms with E-state index in [1.165, 1.54) is 0 Å². The van der Waals surface area contributed by atoms with Crippen molar-refractivity contribution in [3.8, 4) is 56.4 Å². The maximum Gasteiger partial charge on any atom is 0.164 e. The van der Waals surface area contributed by atoms with E-state index in [-0.39, 0.29) is 0 Å². The number of furan rings is 1. The van der Waals surface area contributed by atoms with Crippen LogP contribution < -0.4 is 0 Å². The molecule has 270 valence electrons. The molecule has 6 heteroatoms. The number of nitrogens with zero attached hydrogens (tertiary/aromatic N) is 5. The highest BCUT2D eigenvalue weighted by atomic mass is 16.3. The van der Waals surface area contributed by atoms with Crippen molar-refractivity contribution in [3.05, 3.63) is 188 Å². The summed E-state index contributed by atoms with van der Waals surface area (Å²) < 4.78 is 8.51. The Morgan fingerprint density at radius 1 is 0.328 bits per heavy atom. The fourth-order valence-corrected chi connectivity index (χ4v) is 8.39. The van der Waals surface area contributed by atoms with Gasteiger partial charge in [0.25, 0.3) is 0 Å². The van der Waals surface area contributed by atoms with Crippen molar-refractivity contribution in [3.63, 3.8) is 0 Å². The first kappa shape index (κ1) is 32.3. The van der Waals surface area contributed by atoms with Gasteiger partial charge in [0.2, 0.25) is 0 Å². The zero-order valence-electron chi connectivity index (χ0n) is 31.0. The van der Waals surface area contributed by atoms with E-state index in [0.717, 1.165) is 99.1 Å². The Hall–Kier alpha value is -7.96. The molecule has 8 aromatic carbocycles. The van der Waals surface area contributed by atoms with Gasteiger partial charge in [0.05, 0.1) is 17.2 Å². The zero-order chi connectivity index (χ0) is 38.2. The van der Waals surface area contributed by atoms with E-state index in [4.69, 9.17) is 24.4 Å². The Kier molecular flexibility index (Phi) is 7.13. The molecule has 0 radical (unpaired) electrons. The van der Waals surface area contributed by atoms with E-state index in [9.17, 15) is 0 Å². The summed E-state index contributed by atoms with van der Waals surface area (Å²) in [5, 5.41) is 6.52. The van der Waals surface area contributed by atoms with E-state index >= 15 is 0 Å². The van der Waals surface area contributed by atoms with Crippen molar-refractivity contribution in [1.29, 1.82) is 0 Å². The number of rotatable bonds is 5. The minimum Gasteiger partial charge on any atom is -0.455 e. The van der Waals surface area contributed by atoms with Crippen LogP contribution in [0, 0.1) is 0 Å². The first-order valence-corrected chi connectivity index (χ1v) is 19.4. The minimum absolute atomic E-state index is 0.604. The van der Waals surface area contributed by atoms with E-state index in [1.807, 2.05) is 30.3 Å². The SMILES string of the molecule is c1ccc(-c2ccc(-c3nc(-c4ccc(-c5ccccc5)cc4)nc(-c4ccc5c(c4)c4ccccc4c4nc6cc7c(cn6c54)oc4ccccc47)n3)cc2)cc1. The Morgan fingerprint density at radius 3 is 1.47 bits per heavy atom. The quantitative estimate of drug-likeness (QED) is 0.164. The number of hydrogen-bond acceptors (Lipinski definition) is 5. The minimum atomic E-state index is 0.604. The third-order valence-corrected chi connectivity index (χ3v) is 11.3. The van der Waals surface area contributed by atoms with Gasteiger partial charge < -0.3 is 4.42 Å². The molecular weight excluding hydrogens is 711 g/mol. The average Bonchev–Trinajstić information content (AvgIpc) is 3.86. The highest BCUT2D eigenvalue weighted by Gasteiger charge is 2.19. The first-order valence-electron chi connectivity index (χ1n) is 19.4. The molecule has 12 aromatic rings. The Bertz CT molecular complexity index is 3440. The summed E-state index contributed by atoms with van der Waals surface area (Å²) in [7, 11) is 0. The molecule has 4 aromatic heterocycles.